The van der Waals surface area contributed by atoms with Crippen LogP contribution < -0.4 is 10.0 Å². The molecule has 2 rings (SSSR count). The van der Waals surface area contributed by atoms with E-state index in [9.17, 15) is 18.3 Å². The van der Waals surface area contributed by atoms with Crippen molar-refractivity contribution in [2.75, 3.05) is 10.0 Å². The maximum atomic E-state index is 11.9. The Labute approximate surface area is 141 Å². The number of anilines is 2. The van der Waals surface area contributed by atoms with Gasteiger partial charge in [0.2, 0.25) is 10.0 Å². The normalized spacial score (nSPS) is 16.7. The Morgan fingerprint density at radius 2 is 1.96 bits per heavy atom. The number of aliphatic carboxylic acids is 1. The Kier molecular flexibility index (Phi) is 4.82. The van der Waals surface area contributed by atoms with E-state index in [1.165, 1.54) is 12.1 Å². The second-order valence-electron chi connectivity index (χ2n) is 6.82. The molecule has 0 radical (unpaired) electrons. The third-order valence-electron chi connectivity index (χ3n) is 3.61. The number of hydrogen-bond donors (Lipinski definition) is 3. The van der Waals surface area contributed by atoms with Gasteiger partial charge in [0, 0.05) is 5.69 Å². The molecule has 1 unspecified atom stereocenters. The molecule has 0 saturated heterocycles. The fraction of sp³-hybridized carbons (Fsp3) is 0.533. The predicted molar refractivity (Wildman–Crippen MR) is 91.5 cm³/mol. The summed E-state index contributed by atoms with van der Waals surface area (Å²) < 4.78 is 26.3. The summed E-state index contributed by atoms with van der Waals surface area (Å²) in [6.45, 7) is 5.45. The predicted octanol–water partition coefficient (Wildman–Crippen LogP) is 3.16. The van der Waals surface area contributed by atoms with Crippen LogP contribution in [0.25, 0.3) is 0 Å². The molecule has 6 nitrogen and oxygen atoms in total. The van der Waals surface area contributed by atoms with E-state index in [2.05, 4.69) is 10.0 Å². The van der Waals surface area contributed by atoms with Crippen molar-refractivity contribution < 1.29 is 18.3 Å². The number of rotatable bonds is 6. The van der Waals surface area contributed by atoms with Crippen molar-refractivity contribution in [1.29, 1.82) is 0 Å². The SMILES string of the molecule is CC(C)(C)C(Nc1ccc(NS(=O)(=O)C2CC2)c(Cl)c1)C(=O)O. The molecule has 0 aromatic heterocycles. The van der Waals surface area contributed by atoms with Gasteiger partial charge in [-0.15, -0.1) is 0 Å². The maximum Gasteiger partial charge on any atom is 0.326 e. The smallest absolute Gasteiger partial charge is 0.326 e. The van der Waals surface area contributed by atoms with Crippen LogP contribution in [-0.4, -0.2) is 30.8 Å². The Morgan fingerprint density at radius 3 is 2.39 bits per heavy atom. The molecule has 23 heavy (non-hydrogen) atoms. The number of halogens is 1. The largest absolute Gasteiger partial charge is 0.480 e. The van der Waals surface area contributed by atoms with E-state index in [0.29, 0.717) is 24.2 Å². The zero-order valence-electron chi connectivity index (χ0n) is 13.3. The third-order valence-corrected chi connectivity index (χ3v) is 5.77. The van der Waals surface area contributed by atoms with E-state index in [0.717, 1.165) is 0 Å². The van der Waals surface area contributed by atoms with Crippen molar-refractivity contribution >= 4 is 39.0 Å². The summed E-state index contributed by atoms with van der Waals surface area (Å²) in [6.07, 6.45) is 1.33. The van der Waals surface area contributed by atoms with Gasteiger partial charge in [-0.3, -0.25) is 4.72 Å². The lowest BCUT2D eigenvalue weighted by Crippen LogP contribution is -2.41. The molecule has 0 aliphatic heterocycles. The fourth-order valence-corrected chi connectivity index (χ4v) is 3.81. The van der Waals surface area contributed by atoms with Crippen LogP contribution >= 0.6 is 11.6 Å². The molecular formula is C15H21ClN2O4S. The lowest BCUT2D eigenvalue weighted by molar-refractivity contribution is -0.140. The average molecular weight is 361 g/mol. The van der Waals surface area contributed by atoms with E-state index in [-0.39, 0.29) is 10.3 Å². The first-order chi connectivity index (χ1) is 10.5. The van der Waals surface area contributed by atoms with Crippen molar-refractivity contribution in [3.05, 3.63) is 23.2 Å². The Hall–Kier alpha value is -1.47. The van der Waals surface area contributed by atoms with Gasteiger partial charge in [-0.25, -0.2) is 13.2 Å². The number of hydrogen-bond acceptors (Lipinski definition) is 4. The van der Waals surface area contributed by atoms with E-state index in [1.54, 1.807) is 6.07 Å². The first-order valence-corrected chi connectivity index (χ1v) is 9.23. The third kappa shape index (κ3) is 4.51. The van der Waals surface area contributed by atoms with Gasteiger partial charge in [0.15, 0.2) is 0 Å². The summed E-state index contributed by atoms with van der Waals surface area (Å²) in [5, 5.41) is 12.1. The zero-order chi connectivity index (χ0) is 17.4. The maximum absolute atomic E-state index is 11.9. The molecule has 0 heterocycles. The van der Waals surface area contributed by atoms with E-state index < -0.39 is 27.4 Å². The highest BCUT2D eigenvalue weighted by atomic mass is 35.5. The molecule has 3 N–H and O–H groups in total. The zero-order valence-corrected chi connectivity index (χ0v) is 14.8. The molecule has 8 heteroatoms. The number of carbonyl (C=O) groups is 1. The second-order valence-corrected chi connectivity index (χ2v) is 9.19. The molecule has 0 amide bonds. The highest BCUT2D eigenvalue weighted by Crippen LogP contribution is 2.33. The monoisotopic (exact) mass is 360 g/mol. The first-order valence-electron chi connectivity index (χ1n) is 7.31. The van der Waals surface area contributed by atoms with Crippen LogP contribution in [0.5, 0.6) is 0 Å². The summed E-state index contributed by atoms with van der Waals surface area (Å²) in [7, 11) is -3.38. The quantitative estimate of drug-likeness (QED) is 0.724. The van der Waals surface area contributed by atoms with Gasteiger partial charge in [-0.2, -0.15) is 0 Å². The molecule has 1 aromatic rings. The number of carboxylic acids is 1. The van der Waals surface area contributed by atoms with Gasteiger partial charge >= 0.3 is 5.97 Å². The van der Waals surface area contributed by atoms with Crippen molar-refractivity contribution in [3.63, 3.8) is 0 Å². The fourth-order valence-electron chi connectivity index (χ4n) is 2.12. The van der Waals surface area contributed by atoms with Crippen molar-refractivity contribution in [2.24, 2.45) is 5.41 Å². The van der Waals surface area contributed by atoms with Gasteiger partial charge < -0.3 is 10.4 Å². The molecule has 1 aromatic carbocycles. The topological polar surface area (TPSA) is 95.5 Å². The van der Waals surface area contributed by atoms with E-state index in [1.807, 2.05) is 20.8 Å². The minimum Gasteiger partial charge on any atom is -0.480 e. The van der Waals surface area contributed by atoms with Crippen molar-refractivity contribution in [2.45, 2.75) is 44.9 Å². The minimum absolute atomic E-state index is 0.220. The second kappa shape index (κ2) is 6.20. The number of carboxylic acid groups (broad SMARTS) is 1. The summed E-state index contributed by atoms with van der Waals surface area (Å²) in [4.78, 5) is 11.4. The minimum atomic E-state index is -3.38. The van der Waals surface area contributed by atoms with Crippen LogP contribution in [0, 0.1) is 5.41 Å². The van der Waals surface area contributed by atoms with Crippen molar-refractivity contribution in [1.82, 2.24) is 0 Å². The first kappa shape index (κ1) is 17.9. The molecule has 1 aliphatic carbocycles. The Morgan fingerprint density at radius 1 is 1.35 bits per heavy atom. The molecule has 1 aliphatic rings. The van der Waals surface area contributed by atoms with Gasteiger partial charge in [0.25, 0.3) is 0 Å². The highest BCUT2D eigenvalue weighted by molar-refractivity contribution is 7.93. The lowest BCUT2D eigenvalue weighted by Gasteiger charge is -2.28. The molecule has 1 saturated carbocycles. The van der Waals surface area contributed by atoms with Gasteiger partial charge in [0.1, 0.15) is 6.04 Å². The molecular weight excluding hydrogens is 340 g/mol. The average Bonchev–Trinajstić information content (AvgIpc) is 3.21. The standard InChI is InChI=1S/C15H21ClN2O4S/c1-15(2,3)13(14(19)20)17-9-4-7-12(11(16)8-9)18-23(21,22)10-5-6-10/h4,7-8,10,13,17-18H,5-6H2,1-3H3,(H,19,20). The van der Waals surface area contributed by atoms with E-state index in [4.69, 9.17) is 11.6 Å². The van der Waals surface area contributed by atoms with Gasteiger partial charge in [0.05, 0.1) is 16.0 Å². The van der Waals surface area contributed by atoms with Gasteiger partial charge in [-0.05, 0) is 36.5 Å². The molecule has 0 spiro atoms. The molecule has 1 atom stereocenters. The summed E-state index contributed by atoms with van der Waals surface area (Å²) in [5.41, 5.74) is 0.323. The van der Waals surface area contributed by atoms with E-state index >= 15 is 0 Å². The molecule has 128 valence electrons. The summed E-state index contributed by atoms with van der Waals surface area (Å²) >= 11 is 6.12. The van der Waals surface area contributed by atoms with Crippen LogP contribution in [0.2, 0.25) is 5.02 Å². The van der Waals surface area contributed by atoms with Crippen LogP contribution in [0.4, 0.5) is 11.4 Å². The van der Waals surface area contributed by atoms with Crippen LogP contribution in [0.15, 0.2) is 18.2 Å². The van der Waals surface area contributed by atoms with Crippen LogP contribution in [-0.2, 0) is 14.8 Å². The molecule has 0 bridgehead atoms. The van der Waals surface area contributed by atoms with Crippen LogP contribution in [0.3, 0.4) is 0 Å². The van der Waals surface area contributed by atoms with Crippen molar-refractivity contribution in [3.8, 4) is 0 Å². The number of sulfonamides is 1. The van der Waals surface area contributed by atoms with Crippen LogP contribution in [0.1, 0.15) is 33.6 Å². The Bertz CT molecular complexity index is 709. The lowest BCUT2D eigenvalue weighted by atomic mass is 9.86. The highest BCUT2D eigenvalue weighted by Gasteiger charge is 2.36. The molecule has 1 fully saturated rings. The summed E-state index contributed by atoms with van der Waals surface area (Å²) in [5.74, 6) is -0.966. The number of benzene rings is 1. The Balaban J connectivity index is 2.17. The van der Waals surface area contributed by atoms with Gasteiger partial charge in [-0.1, -0.05) is 32.4 Å². The number of nitrogens with one attached hydrogen (secondary N) is 2. The summed E-state index contributed by atoms with van der Waals surface area (Å²) in [6, 6.07) is 3.87.